The van der Waals surface area contributed by atoms with Gasteiger partial charge in [-0.25, -0.2) is 8.78 Å². The van der Waals surface area contributed by atoms with Gasteiger partial charge in [-0.2, -0.15) is 0 Å². The van der Waals surface area contributed by atoms with Crippen molar-refractivity contribution in [2.45, 2.75) is 51.6 Å². The largest absolute Gasteiger partial charge is 0.309 e. The lowest BCUT2D eigenvalue weighted by molar-refractivity contribution is -0.204. The van der Waals surface area contributed by atoms with E-state index in [1.54, 1.807) is 6.92 Å². The van der Waals surface area contributed by atoms with Gasteiger partial charge in [0.1, 0.15) is 0 Å². The van der Waals surface area contributed by atoms with Crippen molar-refractivity contribution in [2.24, 2.45) is 0 Å². The fourth-order valence-corrected chi connectivity index (χ4v) is 1.16. The summed E-state index contributed by atoms with van der Waals surface area (Å²) in [5.41, 5.74) is 0. The first-order valence-electron chi connectivity index (χ1n) is 4.01. The maximum atomic E-state index is 13.3. The van der Waals surface area contributed by atoms with Gasteiger partial charge in [-0.15, -0.1) is 0 Å². The second kappa shape index (κ2) is 2.39. The molecule has 0 bridgehead atoms. The predicted molar refractivity (Wildman–Crippen MR) is 39.9 cm³/mol. The molecule has 0 aromatic carbocycles. The van der Waals surface area contributed by atoms with Gasteiger partial charge in [0.25, 0.3) is 11.7 Å². The molecule has 1 aliphatic heterocycles. The molecule has 4 heteroatoms. The first-order valence-corrected chi connectivity index (χ1v) is 4.01. The summed E-state index contributed by atoms with van der Waals surface area (Å²) in [6, 6.07) is 0. The molecular weight excluding hydrogens is 166 g/mol. The molecule has 0 saturated carbocycles. The molecule has 0 radical (unpaired) electrons. The van der Waals surface area contributed by atoms with Crippen LogP contribution in [0.25, 0.3) is 0 Å². The van der Waals surface area contributed by atoms with Crippen LogP contribution in [-0.2, 0) is 9.47 Å². The average molecular weight is 180 g/mol. The highest BCUT2D eigenvalue weighted by molar-refractivity contribution is 4.89. The highest BCUT2D eigenvalue weighted by Gasteiger charge is 2.61. The van der Waals surface area contributed by atoms with Gasteiger partial charge in [0.15, 0.2) is 5.79 Å². The minimum atomic E-state index is -2.36. The number of hydrogen-bond acceptors (Lipinski definition) is 2. The number of hydrogen-bond donors (Lipinski definition) is 0. The SMILES string of the molecule is CCC1(C)OC(C)(F)C(C)(F)O1. The third-order valence-corrected chi connectivity index (χ3v) is 2.26. The Labute approximate surface area is 70.8 Å². The molecule has 0 aliphatic carbocycles. The topological polar surface area (TPSA) is 18.5 Å². The third-order valence-electron chi connectivity index (χ3n) is 2.26. The quantitative estimate of drug-likeness (QED) is 0.617. The van der Waals surface area contributed by atoms with Crippen LogP contribution in [0.15, 0.2) is 0 Å². The van der Waals surface area contributed by atoms with Crippen LogP contribution >= 0.6 is 0 Å². The zero-order valence-corrected chi connectivity index (χ0v) is 7.78. The van der Waals surface area contributed by atoms with Gasteiger partial charge in [0.05, 0.1) is 0 Å². The zero-order valence-electron chi connectivity index (χ0n) is 7.78. The van der Waals surface area contributed by atoms with Crippen molar-refractivity contribution in [2.75, 3.05) is 0 Å². The van der Waals surface area contributed by atoms with Crippen LogP contribution < -0.4 is 0 Å². The van der Waals surface area contributed by atoms with Crippen LogP contribution in [0.4, 0.5) is 8.78 Å². The van der Waals surface area contributed by atoms with Gasteiger partial charge in [0, 0.05) is 13.8 Å². The van der Waals surface area contributed by atoms with Crippen molar-refractivity contribution < 1.29 is 18.3 Å². The van der Waals surface area contributed by atoms with E-state index in [0.717, 1.165) is 13.8 Å². The summed E-state index contributed by atoms with van der Waals surface area (Å²) in [4.78, 5) is 0. The summed E-state index contributed by atoms with van der Waals surface area (Å²) >= 11 is 0. The van der Waals surface area contributed by atoms with E-state index >= 15 is 0 Å². The molecule has 0 N–H and O–H groups in total. The van der Waals surface area contributed by atoms with E-state index in [0.29, 0.717) is 6.42 Å². The monoisotopic (exact) mass is 180 g/mol. The lowest BCUT2D eigenvalue weighted by Crippen LogP contribution is -2.39. The number of alkyl halides is 2. The smallest absolute Gasteiger partial charge is 0.267 e. The van der Waals surface area contributed by atoms with Crippen LogP contribution in [0.3, 0.4) is 0 Å². The molecule has 1 rings (SSSR count). The second-order valence-electron chi connectivity index (χ2n) is 3.53. The van der Waals surface area contributed by atoms with Crippen LogP contribution in [0, 0.1) is 0 Å². The summed E-state index contributed by atoms with van der Waals surface area (Å²) in [6.07, 6.45) is 0.409. The van der Waals surface area contributed by atoms with Crippen LogP contribution in [0.1, 0.15) is 34.1 Å². The standard InChI is InChI=1S/C8H14F2O2/c1-5-6(2)11-7(3,9)8(4,10)12-6/h5H2,1-4H3. The summed E-state index contributed by atoms with van der Waals surface area (Å²) in [7, 11) is 0. The Morgan fingerprint density at radius 3 is 1.50 bits per heavy atom. The molecule has 1 aliphatic rings. The molecular formula is C8H14F2O2. The Morgan fingerprint density at radius 1 is 1.00 bits per heavy atom. The van der Waals surface area contributed by atoms with Crippen molar-refractivity contribution in [3.63, 3.8) is 0 Å². The van der Waals surface area contributed by atoms with Crippen molar-refractivity contribution >= 4 is 0 Å². The lowest BCUT2D eigenvalue weighted by atomic mass is 10.2. The number of ether oxygens (including phenoxy) is 2. The van der Waals surface area contributed by atoms with Crippen molar-refractivity contribution in [3.05, 3.63) is 0 Å². The van der Waals surface area contributed by atoms with E-state index in [2.05, 4.69) is 0 Å². The molecule has 72 valence electrons. The molecule has 0 aromatic rings. The van der Waals surface area contributed by atoms with Gasteiger partial charge in [-0.1, -0.05) is 6.92 Å². The minimum Gasteiger partial charge on any atom is -0.309 e. The average Bonchev–Trinajstić information content (AvgIpc) is 1.99. The molecule has 0 spiro atoms. The molecule has 12 heavy (non-hydrogen) atoms. The van der Waals surface area contributed by atoms with E-state index in [1.165, 1.54) is 6.92 Å². The molecule has 2 nitrogen and oxygen atoms in total. The van der Waals surface area contributed by atoms with Crippen molar-refractivity contribution in [1.29, 1.82) is 0 Å². The van der Waals surface area contributed by atoms with E-state index in [4.69, 9.17) is 9.47 Å². The van der Waals surface area contributed by atoms with Crippen LogP contribution in [0.5, 0.6) is 0 Å². The highest BCUT2D eigenvalue weighted by atomic mass is 19.2. The Morgan fingerprint density at radius 2 is 1.33 bits per heavy atom. The van der Waals surface area contributed by atoms with Crippen molar-refractivity contribution in [1.82, 2.24) is 0 Å². The second-order valence-corrected chi connectivity index (χ2v) is 3.53. The fourth-order valence-electron chi connectivity index (χ4n) is 1.16. The van der Waals surface area contributed by atoms with E-state index in [9.17, 15) is 8.78 Å². The zero-order chi connectivity index (χ0) is 9.62. The maximum absolute atomic E-state index is 13.3. The molecule has 1 fully saturated rings. The van der Waals surface area contributed by atoms with Gasteiger partial charge >= 0.3 is 0 Å². The van der Waals surface area contributed by atoms with E-state index in [-0.39, 0.29) is 0 Å². The molecule has 1 heterocycles. The van der Waals surface area contributed by atoms with Crippen LogP contribution in [-0.4, -0.2) is 17.5 Å². The third kappa shape index (κ3) is 1.33. The van der Waals surface area contributed by atoms with Crippen LogP contribution in [0.2, 0.25) is 0 Å². The molecule has 1 saturated heterocycles. The molecule has 2 atom stereocenters. The molecule has 0 aromatic heterocycles. The Hall–Kier alpha value is -0.220. The van der Waals surface area contributed by atoms with Crippen molar-refractivity contribution in [3.8, 4) is 0 Å². The first kappa shape index (κ1) is 9.86. The summed E-state index contributed by atoms with van der Waals surface area (Å²) in [6.45, 7) is 5.34. The molecule has 2 unspecified atom stereocenters. The normalized spacial score (nSPS) is 54.5. The number of rotatable bonds is 1. The maximum Gasteiger partial charge on any atom is 0.267 e. The number of halogens is 2. The van der Waals surface area contributed by atoms with Gasteiger partial charge < -0.3 is 9.47 Å². The van der Waals surface area contributed by atoms with Gasteiger partial charge in [0.2, 0.25) is 0 Å². The minimum absolute atomic E-state index is 0.409. The summed E-state index contributed by atoms with van der Waals surface area (Å²) in [5, 5.41) is 0. The lowest BCUT2D eigenvalue weighted by Gasteiger charge is -2.21. The Balaban J connectivity index is 2.88. The van der Waals surface area contributed by atoms with Gasteiger partial charge in [-0.05, 0) is 13.3 Å². The highest BCUT2D eigenvalue weighted by Crippen LogP contribution is 2.47. The predicted octanol–water partition coefficient (Wildman–Crippen LogP) is 2.53. The molecule has 0 amide bonds. The fraction of sp³-hybridized carbons (Fsp3) is 1.00. The van der Waals surface area contributed by atoms with Gasteiger partial charge in [-0.3, -0.25) is 0 Å². The first-order chi connectivity index (χ1) is 5.22. The van der Waals surface area contributed by atoms with E-state index in [1.807, 2.05) is 0 Å². The Bertz CT molecular complexity index is 173. The summed E-state index contributed by atoms with van der Waals surface area (Å²) < 4.78 is 36.4. The summed E-state index contributed by atoms with van der Waals surface area (Å²) in [5.74, 6) is -5.87. The Kier molecular flexibility index (Phi) is 1.96. The van der Waals surface area contributed by atoms with E-state index < -0.39 is 17.5 Å².